The molecule has 2 aromatic rings. The number of nitrogens with one attached hydrogen (secondary N) is 1. The van der Waals surface area contributed by atoms with Crippen molar-refractivity contribution in [1.29, 1.82) is 0 Å². The van der Waals surface area contributed by atoms with Crippen LogP contribution < -0.4 is 10.1 Å². The smallest absolute Gasteiger partial charge is 0.316 e. The van der Waals surface area contributed by atoms with Crippen LogP contribution in [0.3, 0.4) is 0 Å². The molecule has 0 heterocycles. The molecule has 2 aromatic carbocycles. The Kier molecular flexibility index (Phi) is 6.89. The minimum absolute atomic E-state index is 0.234. The highest BCUT2D eigenvalue weighted by Gasteiger charge is 2.17. The average molecular weight is 359 g/mol. The van der Waals surface area contributed by atoms with Crippen LogP contribution in [0.5, 0.6) is 5.75 Å². The normalized spacial score (nSPS) is 11.6. The lowest BCUT2D eigenvalue weighted by molar-refractivity contribution is -0.136. The largest absolute Gasteiger partial charge is 0.494 e. The van der Waals surface area contributed by atoms with Crippen molar-refractivity contribution in [2.45, 2.75) is 30.5 Å². The molecule has 0 spiro atoms. The highest BCUT2D eigenvalue weighted by atomic mass is 32.2. The Morgan fingerprint density at radius 1 is 1.20 bits per heavy atom. The minimum atomic E-state index is -0.909. The second-order valence-corrected chi connectivity index (χ2v) is 6.74. The van der Waals surface area contributed by atoms with Gasteiger partial charge < -0.3 is 15.2 Å². The molecule has 132 valence electrons. The second-order valence-electron chi connectivity index (χ2n) is 5.36. The van der Waals surface area contributed by atoms with Gasteiger partial charge in [0.2, 0.25) is 0 Å². The van der Waals surface area contributed by atoms with E-state index in [1.807, 2.05) is 31.2 Å². The van der Waals surface area contributed by atoms with Crippen LogP contribution in [-0.4, -0.2) is 28.8 Å². The van der Waals surface area contributed by atoms with Crippen molar-refractivity contribution >= 4 is 23.6 Å². The fraction of sp³-hybridized carbons (Fsp3) is 0.263. The van der Waals surface area contributed by atoms with Crippen LogP contribution in [0.4, 0.5) is 0 Å². The number of thioether (sulfide) groups is 1. The number of hydrogen-bond donors (Lipinski definition) is 2. The van der Waals surface area contributed by atoms with E-state index in [0.717, 1.165) is 23.1 Å². The third kappa shape index (κ3) is 5.53. The fourth-order valence-corrected chi connectivity index (χ4v) is 3.11. The third-order valence-electron chi connectivity index (χ3n) is 3.45. The Morgan fingerprint density at radius 2 is 1.96 bits per heavy atom. The number of benzene rings is 2. The van der Waals surface area contributed by atoms with Gasteiger partial charge in [-0.2, -0.15) is 0 Å². The zero-order chi connectivity index (χ0) is 18.2. The van der Waals surface area contributed by atoms with E-state index in [0.29, 0.717) is 23.6 Å². The average Bonchev–Trinajstić information content (AvgIpc) is 2.60. The first kappa shape index (κ1) is 18.9. The van der Waals surface area contributed by atoms with Gasteiger partial charge in [-0.05, 0) is 43.7 Å². The van der Waals surface area contributed by atoms with E-state index in [1.54, 1.807) is 31.2 Å². The number of rotatable bonds is 8. The Balaban J connectivity index is 2.06. The maximum Gasteiger partial charge on any atom is 0.316 e. The number of carbonyl (C=O) groups excluding carboxylic acids is 1. The summed E-state index contributed by atoms with van der Waals surface area (Å²) in [6, 6.07) is 14.6. The molecule has 2 rings (SSSR count). The van der Waals surface area contributed by atoms with Gasteiger partial charge in [-0.1, -0.05) is 24.3 Å². The zero-order valence-electron chi connectivity index (χ0n) is 14.2. The van der Waals surface area contributed by atoms with E-state index in [1.165, 1.54) is 0 Å². The van der Waals surface area contributed by atoms with E-state index in [-0.39, 0.29) is 5.91 Å². The van der Waals surface area contributed by atoms with Crippen molar-refractivity contribution in [3.8, 4) is 5.75 Å². The standard InChI is InChI=1S/C19H21NO4S/c1-3-24-15-8-6-7-14(11-15)12-20-18(21)16-9-4-5-10-17(16)25-13(2)19(22)23/h4-11,13H,3,12H2,1-2H3,(H,20,21)(H,22,23). The summed E-state index contributed by atoms with van der Waals surface area (Å²) >= 11 is 1.16. The summed E-state index contributed by atoms with van der Waals surface area (Å²) in [7, 11) is 0. The van der Waals surface area contributed by atoms with Gasteiger partial charge in [-0.25, -0.2) is 0 Å². The lowest BCUT2D eigenvalue weighted by Crippen LogP contribution is -2.23. The quantitative estimate of drug-likeness (QED) is 0.705. The molecule has 0 aliphatic rings. The molecule has 6 heteroatoms. The van der Waals surface area contributed by atoms with Gasteiger partial charge in [0.05, 0.1) is 12.2 Å². The molecule has 1 amide bonds. The molecule has 0 aliphatic carbocycles. The zero-order valence-corrected chi connectivity index (χ0v) is 15.0. The van der Waals surface area contributed by atoms with Crippen LogP contribution in [0, 0.1) is 0 Å². The van der Waals surface area contributed by atoms with Gasteiger partial charge in [0, 0.05) is 11.4 Å². The Labute approximate surface area is 151 Å². The molecule has 25 heavy (non-hydrogen) atoms. The van der Waals surface area contributed by atoms with Crippen molar-refractivity contribution in [3.63, 3.8) is 0 Å². The highest BCUT2D eigenvalue weighted by Crippen LogP contribution is 2.27. The number of ether oxygens (including phenoxy) is 1. The van der Waals surface area contributed by atoms with Crippen molar-refractivity contribution in [2.75, 3.05) is 6.61 Å². The van der Waals surface area contributed by atoms with Crippen molar-refractivity contribution in [3.05, 3.63) is 59.7 Å². The molecule has 0 fully saturated rings. The van der Waals surface area contributed by atoms with E-state index in [9.17, 15) is 9.59 Å². The lowest BCUT2D eigenvalue weighted by Gasteiger charge is -2.12. The summed E-state index contributed by atoms with van der Waals surface area (Å²) in [5.74, 6) is -0.379. The molecule has 0 aliphatic heterocycles. The van der Waals surface area contributed by atoms with Crippen LogP contribution in [-0.2, 0) is 11.3 Å². The minimum Gasteiger partial charge on any atom is -0.494 e. The van der Waals surface area contributed by atoms with Crippen molar-refractivity contribution in [1.82, 2.24) is 5.32 Å². The van der Waals surface area contributed by atoms with Gasteiger partial charge in [-0.3, -0.25) is 9.59 Å². The number of hydrogen-bond acceptors (Lipinski definition) is 4. The number of carboxylic acid groups (broad SMARTS) is 1. The summed E-state index contributed by atoms with van der Waals surface area (Å²) in [4.78, 5) is 24.2. The van der Waals surface area contributed by atoms with E-state index in [4.69, 9.17) is 9.84 Å². The van der Waals surface area contributed by atoms with Gasteiger partial charge in [0.15, 0.2) is 0 Å². The van der Waals surface area contributed by atoms with E-state index < -0.39 is 11.2 Å². The predicted molar refractivity (Wildman–Crippen MR) is 98.2 cm³/mol. The fourth-order valence-electron chi connectivity index (χ4n) is 2.19. The first-order valence-corrected chi connectivity index (χ1v) is 8.87. The molecule has 5 nitrogen and oxygen atoms in total. The maximum absolute atomic E-state index is 12.5. The van der Waals surface area contributed by atoms with Crippen LogP contribution in [0.1, 0.15) is 29.8 Å². The molecule has 1 unspecified atom stereocenters. The molecule has 0 aromatic heterocycles. The summed E-state index contributed by atoms with van der Waals surface area (Å²) in [5, 5.41) is 11.3. The predicted octanol–water partition coefficient (Wildman–Crippen LogP) is 3.58. The number of carboxylic acids is 1. The number of amides is 1. The third-order valence-corrected chi connectivity index (χ3v) is 4.61. The van der Waals surface area contributed by atoms with Crippen molar-refractivity contribution in [2.24, 2.45) is 0 Å². The number of carbonyl (C=O) groups is 2. The molecular weight excluding hydrogens is 338 g/mol. The van der Waals surface area contributed by atoms with Crippen LogP contribution in [0.2, 0.25) is 0 Å². The first-order chi connectivity index (χ1) is 12.0. The molecular formula is C19H21NO4S. The van der Waals surface area contributed by atoms with E-state index >= 15 is 0 Å². The Hall–Kier alpha value is -2.47. The lowest BCUT2D eigenvalue weighted by atomic mass is 10.2. The monoisotopic (exact) mass is 359 g/mol. The van der Waals surface area contributed by atoms with Gasteiger partial charge in [0.1, 0.15) is 11.0 Å². The van der Waals surface area contributed by atoms with Gasteiger partial charge in [0.25, 0.3) is 5.91 Å². The van der Waals surface area contributed by atoms with Crippen molar-refractivity contribution < 1.29 is 19.4 Å². The van der Waals surface area contributed by atoms with Gasteiger partial charge >= 0.3 is 5.97 Å². The molecule has 0 bridgehead atoms. The Morgan fingerprint density at radius 3 is 2.68 bits per heavy atom. The van der Waals surface area contributed by atoms with Crippen LogP contribution in [0.25, 0.3) is 0 Å². The first-order valence-electron chi connectivity index (χ1n) is 7.99. The molecule has 2 N–H and O–H groups in total. The molecule has 0 radical (unpaired) electrons. The second kappa shape index (κ2) is 9.13. The summed E-state index contributed by atoms with van der Waals surface area (Å²) < 4.78 is 5.45. The molecule has 0 saturated carbocycles. The summed E-state index contributed by atoms with van der Waals surface area (Å²) in [6.07, 6.45) is 0. The Bertz CT molecular complexity index is 748. The van der Waals surface area contributed by atoms with Crippen LogP contribution >= 0.6 is 11.8 Å². The molecule has 1 atom stereocenters. The topological polar surface area (TPSA) is 75.6 Å². The highest BCUT2D eigenvalue weighted by molar-refractivity contribution is 8.00. The van der Waals surface area contributed by atoms with Gasteiger partial charge in [-0.15, -0.1) is 11.8 Å². The SMILES string of the molecule is CCOc1cccc(CNC(=O)c2ccccc2SC(C)C(=O)O)c1. The van der Waals surface area contributed by atoms with Crippen LogP contribution in [0.15, 0.2) is 53.4 Å². The van der Waals surface area contributed by atoms with E-state index in [2.05, 4.69) is 5.32 Å². The maximum atomic E-state index is 12.5. The number of aliphatic carboxylic acids is 1. The summed E-state index contributed by atoms with van der Waals surface area (Å²) in [6.45, 7) is 4.47. The summed E-state index contributed by atoms with van der Waals surface area (Å²) in [5.41, 5.74) is 1.41. The molecule has 0 saturated heterocycles.